The van der Waals surface area contributed by atoms with Crippen molar-refractivity contribution in [2.24, 2.45) is 5.92 Å². The Morgan fingerprint density at radius 3 is 2.33 bits per heavy atom. The molecule has 202 valence electrons. The molecule has 9 heteroatoms. The molecule has 1 heterocycles. The summed E-state index contributed by atoms with van der Waals surface area (Å²) >= 11 is 12.7. The fraction of sp³-hybridized carbons (Fsp3) is 0.233. The predicted molar refractivity (Wildman–Crippen MR) is 156 cm³/mol. The van der Waals surface area contributed by atoms with Crippen molar-refractivity contribution in [2.75, 3.05) is 16.0 Å². The van der Waals surface area contributed by atoms with Crippen molar-refractivity contribution in [1.29, 1.82) is 0 Å². The maximum Gasteiger partial charge on any atom is 0.329 e. The van der Waals surface area contributed by atoms with Crippen LogP contribution in [0.1, 0.15) is 37.8 Å². The Balaban J connectivity index is 1.48. The summed E-state index contributed by atoms with van der Waals surface area (Å²) < 4.78 is 5.53. The molecule has 7 nitrogen and oxygen atoms in total. The van der Waals surface area contributed by atoms with Crippen molar-refractivity contribution < 1.29 is 19.1 Å². The fourth-order valence-corrected chi connectivity index (χ4v) is 4.85. The van der Waals surface area contributed by atoms with Crippen LogP contribution in [0.2, 0.25) is 10.0 Å². The van der Waals surface area contributed by atoms with E-state index in [0.717, 1.165) is 5.56 Å². The minimum absolute atomic E-state index is 0.0649. The third kappa shape index (κ3) is 7.85. The van der Waals surface area contributed by atoms with E-state index >= 15 is 0 Å². The molecule has 3 aromatic rings. The first-order valence-electron chi connectivity index (χ1n) is 12.6. The van der Waals surface area contributed by atoms with Gasteiger partial charge in [-0.3, -0.25) is 9.59 Å². The first kappa shape index (κ1) is 28.2. The summed E-state index contributed by atoms with van der Waals surface area (Å²) in [6, 6.07) is 18.8. The number of hydrogen-bond acceptors (Lipinski definition) is 5. The SMILES string of the molecule is CC(C)CC(=O)Nc1ccc(NC(=O)/C=C2\CC(C(=O)OCc3ccccc3)Nc3cc(Cl)cc(Cl)c32)cc1. The zero-order chi connectivity index (χ0) is 27.9. The highest BCUT2D eigenvalue weighted by atomic mass is 35.5. The van der Waals surface area contributed by atoms with Gasteiger partial charge in [-0.15, -0.1) is 0 Å². The molecule has 0 saturated carbocycles. The topological polar surface area (TPSA) is 96.5 Å². The van der Waals surface area contributed by atoms with E-state index in [-0.39, 0.29) is 24.9 Å². The van der Waals surface area contributed by atoms with Gasteiger partial charge in [0.1, 0.15) is 12.6 Å². The Morgan fingerprint density at radius 1 is 1.00 bits per heavy atom. The lowest BCUT2D eigenvalue weighted by molar-refractivity contribution is -0.145. The number of ether oxygens (including phenoxy) is 1. The molecule has 0 fully saturated rings. The number of esters is 1. The third-order valence-corrected chi connectivity index (χ3v) is 6.49. The molecule has 3 N–H and O–H groups in total. The maximum absolute atomic E-state index is 13.0. The predicted octanol–water partition coefficient (Wildman–Crippen LogP) is 6.93. The standard InChI is InChI=1S/C30H29Cl2N3O4/c1-18(2)12-27(36)33-22-8-10-23(11-9-22)34-28(37)14-20-13-26(30(38)39-17-19-6-4-3-5-7-19)35-25-16-21(31)15-24(32)29(20)25/h3-11,14-16,18,26,35H,12-13,17H2,1-2H3,(H,33,36)(H,34,37)/b20-14+. The molecule has 1 aliphatic rings. The van der Waals surface area contributed by atoms with E-state index in [1.54, 1.807) is 36.4 Å². The quantitative estimate of drug-likeness (QED) is 0.203. The van der Waals surface area contributed by atoms with Gasteiger partial charge in [-0.25, -0.2) is 4.79 Å². The van der Waals surface area contributed by atoms with E-state index in [2.05, 4.69) is 16.0 Å². The summed E-state index contributed by atoms with van der Waals surface area (Å²) in [5.41, 5.74) is 3.78. The number of rotatable bonds is 8. The van der Waals surface area contributed by atoms with Crippen LogP contribution in [0.15, 0.2) is 72.8 Å². The monoisotopic (exact) mass is 565 g/mol. The van der Waals surface area contributed by atoms with Crippen molar-refractivity contribution in [2.45, 2.75) is 39.3 Å². The molecule has 0 saturated heterocycles. The number of anilines is 3. The van der Waals surface area contributed by atoms with Gasteiger partial charge in [-0.05, 0) is 53.5 Å². The molecule has 1 atom stereocenters. The van der Waals surface area contributed by atoms with Gasteiger partial charge >= 0.3 is 5.97 Å². The highest BCUT2D eigenvalue weighted by Gasteiger charge is 2.30. The Kier molecular flexibility index (Phi) is 9.28. The number of carbonyl (C=O) groups excluding carboxylic acids is 3. The first-order valence-corrected chi connectivity index (χ1v) is 13.3. The number of benzene rings is 3. The molecule has 4 rings (SSSR count). The summed E-state index contributed by atoms with van der Waals surface area (Å²) in [6.07, 6.45) is 2.04. The van der Waals surface area contributed by atoms with Crippen LogP contribution < -0.4 is 16.0 Å². The van der Waals surface area contributed by atoms with Gasteiger partial charge in [0.15, 0.2) is 0 Å². The van der Waals surface area contributed by atoms with Crippen molar-refractivity contribution in [3.05, 3.63) is 94.0 Å². The second kappa shape index (κ2) is 12.8. The van der Waals surface area contributed by atoms with Crippen LogP contribution in [0.25, 0.3) is 5.57 Å². The van der Waals surface area contributed by atoms with Gasteiger partial charge in [0.25, 0.3) is 0 Å². The highest BCUT2D eigenvalue weighted by Crippen LogP contribution is 2.40. The van der Waals surface area contributed by atoms with E-state index < -0.39 is 17.9 Å². The molecule has 1 aliphatic heterocycles. The van der Waals surface area contributed by atoms with Crippen LogP contribution in [0.5, 0.6) is 0 Å². The van der Waals surface area contributed by atoms with E-state index in [9.17, 15) is 14.4 Å². The Morgan fingerprint density at radius 2 is 1.67 bits per heavy atom. The zero-order valence-corrected chi connectivity index (χ0v) is 23.1. The van der Waals surface area contributed by atoms with Crippen LogP contribution in [0.3, 0.4) is 0 Å². The Hall–Kier alpha value is -3.81. The lowest BCUT2D eigenvalue weighted by atomic mass is 9.91. The maximum atomic E-state index is 13.0. The van der Waals surface area contributed by atoms with E-state index in [4.69, 9.17) is 27.9 Å². The number of carbonyl (C=O) groups is 3. The molecule has 0 radical (unpaired) electrons. The largest absolute Gasteiger partial charge is 0.459 e. The molecule has 3 aromatic carbocycles. The molecule has 0 spiro atoms. The molecule has 1 unspecified atom stereocenters. The average Bonchev–Trinajstić information content (AvgIpc) is 2.88. The van der Waals surface area contributed by atoms with E-state index in [1.165, 1.54) is 6.08 Å². The van der Waals surface area contributed by atoms with Crippen LogP contribution in [-0.2, 0) is 25.7 Å². The number of fused-ring (bicyclic) bond motifs is 1. The summed E-state index contributed by atoms with van der Waals surface area (Å²) in [5, 5.41) is 9.57. The second-order valence-electron chi connectivity index (χ2n) is 9.69. The average molecular weight is 566 g/mol. The van der Waals surface area contributed by atoms with Crippen LogP contribution in [-0.4, -0.2) is 23.8 Å². The van der Waals surface area contributed by atoms with Gasteiger partial charge in [-0.1, -0.05) is 67.4 Å². The minimum atomic E-state index is -0.733. The highest BCUT2D eigenvalue weighted by molar-refractivity contribution is 6.36. The molecule has 0 aliphatic carbocycles. The number of hydrogen-bond donors (Lipinski definition) is 3. The molecular weight excluding hydrogens is 537 g/mol. The summed E-state index contributed by atoms with van der Waals surface area (Å²) in [4.78, 5) is 37.9. The number of amides is 2. The van der Waals surface area contributed by atoms with Crippen LogP contribution in [0.4, 0.5) is 17.1 Å². The van der Waals surface area contributed by atoms with Crippen LogP contribution >= 0.6 is 23.2 Å². The molecule has 0 bridgehead atoms. The van der Waals surface area contributed by atoms with Gasteiger partial charge in [0, 0.05) is 46.6 Å². The summed E-state index contributed by atoms with van der Waals surface area (Å²) in [6.45, 7) is 4.09. The van der Waals surface area contributed by atoms with Gasteiger partial charge in [0.2, 0.25) is 11.8 Å². The van der Waals surface area contributed by atoms with Crippen molar-refractivity contribution in [3.8, 4) is 0 Å². The third-order valence-electron chi connectivity index (χ3n) is 5.97. The second-order valence-corrected chi connectivity index (χ2v) is 10.5. The summed E-state index contributed by atoms with van der Waals surface area (Å²) in [5.74, 6) is -0.657. The zero-order valence-electron chi connectivity index (χ0n) is 21.6. The van der Waals surface area contributed by atoms with E-state index in [0.29, 0.717) is 44.7 Å². The fourth-order valence-electron chi connectivity index (χ4n) is 4.23. The lowest BCUT2D eigenvalue weighted by Gasteiger charge is -2.28. The number of nitrogens with one attached hydrogen (secondary N) is 3. The van der Waals surface area contributed by atoms with Gasteiger partial charge in [0.05, 0.1) is 5.02 Å². The van der Waals surface area contributed by atoms with Crippen molar-refractivity contribution in [1.82, 2.24) is 0 Å². The minimum Gasteiger partial charge on any atom is -0.459 e. The molecule has 39 heavy (non-hydrogen) atoms. The summed E-state index contributed by atoms with van der Waals surface area (Å²) in [7, 11) is 0. The number of halogens is 2. The Bertz CT molecular complexity index is 1390. The molecule has 0 aromatic heterocycles. The molecular formula is C30H29Cl2N3O4. The van der Waals surface area contributed by atoms with Crippen molar-refractivity contribution in [3.63, 3.8) is 0 Å². The van der Waals surface area contributed by atoms with E-state index in [1.807, 2.05) is 44.2 Å². The lowest BCUT2D eigenvalue weighted by Crippen LogP contribution is -2.35. The normalized spacial score (nSPS) is 15.3. The smallest absolute Gasteiger partial charge is 0.329 e. The van der Waals surface area contributed by atoms with Crippen LogP contribution in [0, 0.1) is 5.92 Å². The van der Waals surface area contributed by atoms with Gasteiger partial charge < -0.3 is 20.7 Å². The Labute approximate surface area is 237 Å². The molecule has 2 amide bonds. The van der Waals surface area contributed by atoms with Crippen molar-refractivity contribution >= 4 is 63.6 Å². The van der Waals surface area contributed by atoms with Gasteiger partial charge in [-0.2, -0.15) is 0 Å². The first-order chi connectivity index (χ1) is 18.7.